The fourth-order valence-corrected chi connectivity index (χ4v) is 2.79. The van der Waals surface area contributed by atoms with Crippen LogP contribution in [0.1, 0.15) is 24.8 Å². The predicted octanol–water partition coefficient (Wildman–Crippen LogP) is 3.95. The molecule has 19 heavy (non-hydrogen) atoms. The summed E-state index contributed by atoms with van der Waals surface area (Å²) in [5, 5.41) is 3.61. The molecule has 1 aromatic rings. The lowest BCUT2D eigenvalue weighted by Crippen LogP contribution is -2.33. The Balaban J connectivity index is 2.19. The van der Waals surface area contributed by atoms with Crippen molar-refractivity contribution >= 4 is 11.6 Å². The number of ether oxygens (including phenoxy) is 1. The van der Waals surface area contributed by atoms with Crippen LogP contribution < -0.4 is 10.1 Å². The number of piperidine rings is 1. The molecule has 2 rings (SSSR count). The molecule has 0 amide bonds. The third kappa shape index (κ3) is 3.76. The first-order valence-corrected chi connectivity index (χ1v) is 6.50. The van der Waals surface area contributed by atoms with E-state index in [-0.39, 0.29) is 11.7 Å². The van der Waals surface area contributed by atoms with E-state index in [1.807, 2.05) is 0 Å². The van der Waals surface area contributed by atoms with Crippen LogP contribution in [0.4, 0.5) is 13.2 Å². The minimum Gasteiger partial charge on any atom is -0.406 e. The fraction of sp³-hybridized carbons (Fsp3) is 0.538. The zero-order valence-electron chi connectivity index (χ0n) is 10.4. The summed E-state index contributed by atoms with van der Waals surface area (Å²) >= 11 is 6.09. The highest BCUT2D eigenvalue weighted by molar-refractivity contribution is 6.31. The van der Waals surface area contributed by atoms with Gasteiger partial charge in [-0.15, -0.1) is 13.2 Å². The Morgan fingerprint density at radius 1 is 1.37 bits per heavy atom. The van der Waals surface area contributed by atoms with Gasteiger partial charge in [-0.05, 0) is 49.0 Å². The summed E-state index contributed by atoms with van der Waals surface area (Å²) < 4.78 is 40.2. The highest BCUT2D eigenvalue weighted by atomic mass is 35.5. The highest BCUT2D eigenvalue weighted by Crippen LogP contribution is 2.37. The molecule has 0 unspecified atom stereocenters. The Bertz CT molecular complexity index is 450. The van der Waals surface area contributed by atoms with Gasteiger partial charge in [0.05, 0.1) is 0 Å². The molecule has 0 bridgehead atoms. The van der Waals surface area contributed by atoms with E-state index in [1.54, 1.807) is 6.07 Å². The van der Waals surface area contributed by atoms with E-state index in [0.717, 1.165) is 25.1 Å². The molecule has 0 aromatic heterocycles. The van der Waals surface area contributed by atoms with Crippen LogP contribution in [0.25, 0.3) is 0 Å². The second-order valence-electron chi connectivity index (χ2n) is 4.81. The molecule has 0 radical (unpaired) electrons. The number of nitrogens with one attached hydrogen (secondary N) is 1. The lowest BCUT2D eigenvalue weighted by molar-refractivity contribution is -0.274. The van der Waals surface area contributed by atoms with E-state index in [2.05, 4.69) is 17.0 Å². The molecule has 1 saturated heterocycles. The van der Waals surface area contributed by atoms with Crippen molar-refractivity contribution in [2.24, 2.45) is 5.92 Å². The lowest BCUT2D eigenvalue weighted by Gasteiger charge is -2.30. The van der Waals surface area contributed by atoms with Gasteiger partial charge in [-0.2, -0.15) is 0 Å². The van der Waals surface area contributed by atoms with Gasteiger partial charge in [0.2, 0.25) is 0 Å². The van der Waals surface area contributed by atoms with Crippen LogP contribution >= 0.6 is 11.6 Å². The molecule has 2 atom stereocenters. The van der Waals surface area contributed by atoms with Crippen LogP contribution in [-0.4, -0.2) is 19.5 Å². The fourth-order valence-electron chi connectivity index (χ4n) is 2.48. The predicted molar refractivity (Wildman–Crippen MR) is 67.5 cm³/mol. The van der Waals surface area contributed by atoms with Crippen molar-refractivity contribution in [2.75, 3.05) is 13.1 Å². The molecule has 1 fully saturated rings. The number of rotatable bonds is 2. The van der Waals surface area contributed by atoms with Crippen LogP contribution in [0.2, 0.25) is 5.02 Å². The lowest BCUT2D eigenvalue weighted by atomic mass is 9.82. The number of hydrogen-bond donors (Lipinski definition) is 1. The standard InChI is InChI=1S/C13H15ClF3NO/c1-8-7-18-5-4-10(8)11-3-2-9(6-12(11)14)19-13(15,16)17/h2-3,6,8,10,18H,4-5,7H2,1H3/t8-,10+/m0/s1. The van der Waals surface area contributed by atoms with Gasteiger partial charge in [-0.3, -0.25) is 0 Å². The molecule has 1 aliphatic rings. The van der Waals surface area contributed by atoms with Crippen molar-refractivity contribution in [3.8, 4) is 5.75 Å². The van der Waals surface area contributed by atoms with Gasteiger partial charge in [-0.25, -0.2) is 0 Å². The molecular formula is C13H15ClF3NO. The maximum absolute atomic E-state index is 12.1. The van der Waals surface area contributed by atoms with E-state index in [1.165, 1.54) is 12.1 Å². The van der Waals surface area contributed by atoms with Crippen molar-refractivity contribution in [1.29, 1.82) is 0 Å². The van der Waals surface area contributed by atoms with E-state index in [0.29, 0.717) is 10.9 Å². The van der Waals surface area contributed by atoms with Crippen LogP contribution in [0.15, 0.2) is 18.2 Å². The van der Waals surface area contributed by atoms with Gasteiger partial charge in [0.15, 0.2) is 0 Å². The summed E-state index contributed by atoms with van der Waals surface area (Å²) in [6.45, 7) is 3.89. The topological polar surface area (TPSA) is 21.3 Å². The highest BCUT2D eigenvalue weighted by Gasteiger charge is 2.32. The van der Waals surface area contributed by atoms with E-state index < -0.39 is 6.36 Å². The molecule has 6 heteroatoms. The average molecular weight is 294 g/mol. The van der Waals surface area contributed by atoms with Gasteiger partial charge in [0.1, 0.15) is 5.75 Å². The smallest absolute Gasteiger partial charge is 0.406 e. The summed E-state index contributed by atoms with van der Waals surface area (Å²) in [6.07, 6.45) is -3.76. The first kappa shape index (κ1) is 14.5. The van der Waals surface area contributed by atoms with Crippen molar-refractivity contribution in [3.05, 3.63) is 28.8 Å². The number of benzene rings is 1. The average Bonchev–Trinajstić information content (AvgIpc) is 2.28. The number of hydrogen-bond acceptors (Lipinski definition) is 2. The van der Waals surface area contributed by atoms with Crippen molar-refractivity contribution in [1.82, 2.24) is 5.32 Å². The van der Waals surface area contributed by atoms with Crippen LogP contribution in [-0.2, 0) is 0 Å². The summed E-state index contributed by atoms with van der Waals surface area (Å²) in [7, 11) is 0. The second-order valence-corrected chi connectivity index (χ2v) is 5.21. The minimum atomic E-state index is -4.69. The molecule has 1 N–H and O–H groups in total. The number of halogens is 4. The summed E-state index contributed by atoms with van der Waals surface area (Å²) in [6, 6.07) is 4.19. The van der Waals surface area contributed by atoms with Gasteiger partial charge < -0.3 is 10.1 Å². The maximum atomic E-state index is 12.1. The molecule has 0 saturated carbocycles. The van der Waals surface area contributed by atoms with Crippen molar-refractivity contribution < 1.29 is 17.9 Å². The van der Waals surface area contributed by atoms with Gasteiger partial charge in [0.25, 0.3) is 0 Å². The van der Waals surface area contributed by atoms with Gasteiger partial charge in [0, 0.05) is 5.02 Å². The van der Waals surface area contributed by atoms with Crippen LogP contribution in [0, 0.1) is 5.92 Å². The second kappa shape index (κ2) is 5.59. The van der Waals surface area contributed by atoms with Crippen molar-refractivity contribution in [3.63, 3.8) is 0 Å². The number of alkyl halides is 3. The normalized spacial score (nSPS) is 24.3. The molecule has 0 spiro atoms. The summed E-state index contributed by atoms with van der Waals surface area (Å²) in [5.74, 6) is 0.400. The SMILES string of the molecule is C[C@H]1CNCC[C@H]1c1ccc(OC(F)(F)F)cc1Cl. The van der Waals surface area contributed by atoms with Gasteiger partial charge >= 0.3 is 6.36 Å². The van der Waals surface area contributed by atoms with E-state index >= 15 is 0 Å². The molecule has 1 heterocycles. The zero-order chi connectivity index (χ0) is 14.0. The summed E-state index contributed by atoms with van der Waals surface area (Å²) in [4.78, 5) is 0. The molecule has 1 aromatic carbocycles. The molecule has 2 nitrogen and oxygen atoms in total. The van der Waals surface area contributed by atoms with E-state index in [9.17, 15) is 13.2 Å². The molecule has 106 valence electrons. The first-order valence-electron chi connectivity index (χ1n) is 6.13. The Kier molecular flexibility index (Phi) is 4.26. The Hall–Kier alpha value is -0.940. The van der Waals surface area contributed by atoms with Crippen molar-refractivity contribution in [2.45, 2.75) is 25.6 Å². The Morgan fingerprint density at radius 2 is 2.11 bits per heavy atom. The minimum absolute atomic E-state index is 0.272. The first-order chi connectivity index (χ1) is 8.87. The zero-order valence-corrected chi connectivity index (χ0v) is 11.2. The monoisotopic (exact) mass is 293 g/mol. The third-order valence-corrected chi connectivity index (χ3v) is 3.72. The quantitative estimate of drug-likeness (QED) is 0.891. The van der Waals surface area contributed by atoms with E-state index in [4.69, 9.17) is 11.6 Å². The van der Waals surface area contributed by atoms with Crippen LogP contribution in [0.3, 0.4) is 0 Å². The summed E-state index contributed by atoms with van der Waals surface area (Å²) in [5.41, 5.74) is 0.894. The van der Waals surface area contributed by atoms with Gasteiger partial charge in [-0.1, -0.05) is 24.6 Å². The maximum Gasteiger partial charge on any atom is 0.573 e. The molecule has 0 aliphatic carbocycles. The molecule has 1 aliphatic heterocycles. The molecular weight excluding hydrogens is 279 g/mol. The van der Waals surface area contributed by atoms with Crippen LogP contribution in [0.5, 0.6) is 5.75 Å². The Morgan fingerprint density at radius 3 is 2.68 bits per heavy atom. The largest absolute Gasteiger partial charge is 0.573 e. The Labute approximate surface area is 114 Å². The third-order valence-electron chi connectivity index (χ3n) is 3.39.